The van der Waals surface area contributed by atoms with Gasteiger partial charge >= 0.3 is 0 Å². The van der Waals surface area contributed by atoms with Gasteiger partial charge in [0.25, 0.3) is 0 Å². The first-order valence-corrected chi connectivity index (χ1v) is 8.19. The summed E-state index contributed by atoms with van der Waals surface area (Å²) in [5.41, 5.74) is 3.18. The number of nitrogens with one attached hydrogen (secondary N) is 1. The molecule has 2 fully saturated rings. The van der Waals surface area contributed by atoms with Crippen LogP contribution in [-0.4, -0.2) is 35.6 Å². The smallest absolute Gasteiger partial charge is 0.0795 e. The summed E-state index contributed by atoms with van der Waals surface area (Å²) in [6.45, 7) is 4.56. The summed E-state index contributed by atoms with van der Waals surface area (Å²) in [6, 6.07) is 0.720. The molecule has 1 aromatic rings. The van der Waals surface area contributed by atoms with Crippen LogP contribution in [-0.2, 0) is 6.54 Å². The Hall–Kier alpha value is -0.450. The topological polar surface area (TPSA) is 28.2 Å². The van der Waals surface area contributed by atoms with E-state index in [1.54, 1.807) is 11.3 Å². The largest absolute Gasteiger partial charge is 0.311 e. The highest BCUT2D eigenvalue weighted by Crippen LogP contribution is 2.27. The minimum atomic E-state index is 0.720. The Morgan fingerprint density at radius 1 is 1.33 bits per heavy atom. The van der Waals surface area contributed by atoms with Crippen LogP contribution in [0.4, 0.5) is 0 Å². The fourth-order valence-electron chi connectivity index (χ4n) is 3.38. The molecular weight excluding hydrogens is 242 g/mol. The zero-order valence-electron chi connectivity index (χ0n) is 11.0. The lowest BCUT2D eigenvalue weighted by molar-refractivity contribution is 0.140. The van der Waals surface area contributed by atoms with Crippen LogP contribution in [0, 0.1) is 5.92 Å². The van der Waals surface area contributed by atoms with Crippen molar-refractivity contribution in [3.05, 3.63) is 16.6 Å². The van der Waals surface area contributed by atoms with Crippen molar-refractivity contribution in [2.75, 3.05) is 19.6 Å². The molecule has 2 aliphatic rings. The maximum atomic E-state index is 4.40. The molecule has 1 atom stereocenters. The molecule has 3 rings (SSSR count). The van der Waals surface area contributed by atoms with Crippen molar-refractivity contribution in [3.8, 4) is 0 Å². The Morgan fingerprint density at radius 3 is 3.00 bits per heavy atom. The molecule has 1 unspecified atom stereocenters. The van der Waals surface area contributed by atoms with E-state index in [2.05, 4.69) is 20.6 Å². The van der Waals surface area contributed by atoms with Gasteiger partial charge in [-0.3, -0.25) is 4.90 Å². The molecule has 0 spiro atoms. The SMILES string of the molecule is c1nc(CN2CCNC(C3CCCCC3)C2)cs1. The zero-order valence-corrected chi connectivity index (χ0v) is 11.8. The predicted octanol–water partition coefficient (Wildman–Crippen LogP) is 2.50. The molecule has 3 nitrogen and oxygen atoms in total. The Morgan fingerprint density at radius 2 is 2.22 bits per heavy atom. The van der Waals surface area contributed by atoms with E-state index in [1.165, 1.54) is 50.9 Å². The van der Waals surface area contributed by atoms with Crippen molar-refractivity contribution in [2.24, 2.45) is 5.92 Å². The van der Waals surface area contributed by atoms with E-state index in [1.807, 2.05) is 5.51 Å². The molecule has 1 aromatic heterocycles. The Kier molecular flexibility index (Phi) is 4.28. The van der Waals surface area contributed by atoms with E-state index < -0.39 is 0 Å². The predicted molar refractivity (Wildman–Crippen MR) is 75.8 cm³/mol. The van der Waals surface area contributed by atoms with Crippen molar-refractivity contribution < 1.29 is 0 Å². The van der Waals surface area contributed by atoms with Crippen LogP contribution >= 0.6 is 11.3 Å². The number of hydrogen-bond acceptors (Lipinski definition) is 4. The van der Waals surface area contributed by atoms with Crippen molar-refractivity contribution in [3.63, 3.8) is 0 Å². The van der Waals surface area contributed by atoms with Crippen LogP contribution in [0.3, 0.4) is 0 Å². The molecule has 100 valence electrons. The van der Waals surface area contributed by atoms with E-state index in [0.717, 1.165) is 25.0 Å². The van der Waals surface area contributed by atoms with Crippen molar-refractivity contribution in [1.82, 2.24) is 15.2 Å². The summed E-state index contributed by atoms with van der Waals surface area (Å²) < 4.78 is 0. The maximum absolute atomic E-state index is 4.40. The number of piperazine rings is 1. The molecule has 0 radical (unpaired) electrons. The Balaban J connectivity index is 1.54. The quantitative estimate of drug-likeness (QED) is 0.910. The summed E-state index contributed by atoms with van der Waals surface area (Å²) >= 11 is 1.70. The van der Waals surface area contributed by atoms with Gasteiger partial charge in [0.1, 0.15) is 0 Å². The normalized spacial score (nSPS) is 27.4. The molecule has 1 aliphatic heterocycles. The van der Waals surface area contributed by atoms with Gasteiger partial charge in [-0.25, -0.2) is 4.98 Å². The van der Waals surface area contributed by atoms with Crippen LogP contribution < -0.4 is 5.32 Å². The summed E-state index contributed by atoms with van der Waals surface area (Å²) in [5, 5.41) is 5.92. The van der Waals surface area contributed by atoms with E-state index in [4.69, 9.17) is 0 Å². The molecule has 1 aliphatic carbocycles. The van der Waals surface area contributed by atoms with Gasteiger partial charge < -0.3 is 5.32 Å². The first-order chi connectivity index (χ1) is 8.92. The molecule has 0 bridgehead atoms. The van der Waals surface area contributed by atoms with Gasteiger partial charge in [0, 0.05) is 37.6 Å². The number of hydrogen-bond donors (Lipinski definition) is 1. The monoisotopic (exact) mass is 265 g/mol. The lowest BCUT2D eigenvalue weighted by Crippen LogP contribution is -2.53. The van der Waals surface area contributed by atoms with E-state index in [9.17, 15) is 0 Å². The van der Waals surface area contributed by atoms with Gasteiger partial charge in [0.2, 0.25) is 0 Å². The number of nitrogens with zero attached hydrogens (tertiary/aromatic N) is 2. The number of rotatable bonds is 3. The maximum Gasteiger partial charge on any atom is 0.0795 e. The van der Waals surface area contributed by atoms with Crippen LogP contribution in [0.2, 0.25) is 0 Å². The van der Waals surface area contributed by atoms with Gasteiger partial charge in [0.05, 0.1) is 11.2 Å². The molecule has 1 saturated carbocycles. The standard InChI is InChI=1S/C14H23N3S/c1-2-4-12(5-3-1)14-9-17(7-6-15-14)8-13-10-18-11-16-13/h10-12,14-15H,1-9H2. The first-order valence-electron chi connectivity index (χ1n) is 7.24. The van der Waals surface area contributed by atoms with E-state index in [0.29, 0.717) is 0 Å². The molecule has 4 heteroatoms. The highest BCUT2D eigenvalue weighted by Gasteiger charge is 2.27. The van der Waals surface area contributed by atoms with Gasteiger partial charge in [-0.15, -0.1) is 11.3 Å². The zero-order chi connectivity index (χ0) is 12.2. The first kappa shape index (κ1) is 12.6. The Labute approximate surface area is 114 Å². The summed E-state index contributed by atoms with van der Waals surface area (Å²) in [4.78, 5) is 6.98. The van der Waals surface area contributed by atoms with E-state index in [-0.39, 0.29) is 0 Å². The number of aromatic nitrogens is 1. The van der Waals surface area contributed by atoms with Crippen LogP contribution in [0.15, 0.2) is 10.9 Å². The average molecular weight is 265 g/mol. The Bertz CT molecular complexity index is 346. The van der Waals surface area contributed by atoms with Crippen molar-refractivity contribution in [2.45, 2.75) is 44.7 Å². The van der Waals surface area contributed by atoms with Gasteiger partial charge in [-0.2, -0.15) is 0 Å². The second-order valence-corrected chi connectivity index (χ2v) is 6.39. The minimum Gasteiger partial charge on any atom is -0.311 e. The average Bonchev–Trinajstić information content (AvgIpc) is 2.93. The third-order valence-corrected chi connectivity index (χ3v) is 5.01. The minimum absolute atomic E-state index is 0.720. The molecule has 1 N–H and O–H groups in total. The highest BCUT2D eigenvalue weighted by atomic mass is 32.1. The second kappa shape index (κ2) is 6.13. The lowest BCUT2D eigenvalue weighted by atomic mass is 9.83. The van der Waals surface area contributed by atoms with Crippen LogP contribution in [0.5, 0.6) is 0 Å². The fourth-order valence-corrected chi connectivity index (χ4v) is 3.93. The second-order valence-electron chi connectivity index (χ2n) is 5.67. The van der Waals surface area contributed by atoms with Crippen molar-refractivity contribution in [1.29, 1.82) is 0 Å². The molecular formula is C14H23N3S. The molecule has 0 aromatic carbocycles. The molecule has 18 heavy (non-hydrogen) atoms. The summed E-state index contributed by atoms with van der Waals surface area (Å²) in [6.07, 6.45) is 7.19. The fraction of sp³-hybridized carbons (Fsp3) is 0.786. The molecule has 2 heterocycles. The third kappa shape index (κ3) is 3.11. The molecule has 0 amide bonds. The van der Waals surface area contributed by atoms with Crippen LogP contribution in [0.25, 0.3) is 0 Å². The van der Waals surface area contributed by atoms with Crippen molar-refractivity contribution >= 4 is 11.3 Å². The molecule has 1 saturated heterocycles. The van der Waals surface area contributed by atoms with Gasteiger partial charge in [0.15, 0.2) is 0 Å². The lowest BCUT2D eigenvalue weighted by Gasteiger charge is -2.39. The van der Waals surface area contributed by atoms with Crippen LogP contribution in [0.1, 0.15) is 37.8 Å². The summed E-state index contributed by atoms with van der Waals surface area (Å²) in [5.74, 6) is 0.914. The van der Waals surface area contributed by atoms with Gasteiger partial charge in [-0.05, 0) is 18.8 Å². The third-order valence-electron chi connectivity index (χ3n) is 4.38. The van der Waals surface area contributed by atoms with Gasteiger partial charge in [-0.1, -0.05) is 19.3 Å². The summed E-state index contributed by atoms with van der Waals surface area (Å²) in [7, 11) is 0. The highest BCUT2D eigenvalue weighted by molar-refractivity contribution is 7.07. The number of thiazole rings is 1. The van der Waals surface area contributed by atoms with E-state index >= 15 is 0 Å².